The van der Waals surface area contributed by atoms with Gasteiger partial charge < -0.3 is 19.9 Å². The van der Waals surface area contributed by atoms with Gasteiger partial charge in [-0.25, -0.2) is 4.79 Å². The highest BCUT2D eigenvalue weighted by Crippen LogP contribution is 2.02. The largest absolute Gasteiger partial charge is 0.464 e. The molecule has 0 fully saturated rings. The monoisotopic (exact) mass is 225 g/mol. The number of hydrogen-bond donors (Lipinski definition) is 2. The van der Waals surface area contributed by atoms with Crippen LogP contribution in [0.1, 0.15) is 16.2 Å². The van der Waals surface area contributed by atoms with E-state index >= 15 is 0 Å². The predicted octanol–water partition coefficient (Wildman–Crippen LogP) is 0.452. The number of nitrogens with zero attached hydrogens (tertiary/aromatic N) is 1. The SMILES string of the molecule is COC(=O)c1ccc(CNCCN(C)C)[nH]1. The van der Waals surface area contributed by atoms with E-state index in [0.29, 0.717) is 5.69 Å². The van der Waals surface area contributed by atoms with E-state index < -0.39 is 0 Å². The summed E-state index contributed by atoms with van der Waals surface area (Å²) in [4.78, 5) is 16.3. The van der Waals surface area contributed by atoms with Crippen LogP contribution in [-0.2, 0) is 11.3 Å². The minimum absolute atomic E-state index is 0.334. The van der Waals surface area contributed by atoms with Gasteiger partial charge in [-0.05, 0) is 26.2 Å². The van der Waals surface area contributed by atoms with Crippen molar-refractivity contribution in [2.45, 2.75) is 6.54 Å². The van der Waals surface area contributed by atoms with Gasteiger partial charge in [0.15, 0.2) is 0 Å². The maximum absolute atomic E-state index is 11.2. The number of likely N-dealkylation sites (N-methyl/N-ethyl adjacent to an activating group) is 1. The zero-order valence-electron chi connectivity index (χ0n) is 10.0. The van der Waals surface area contributed by atoms with Crippen molar-refractivity contribution < 1.29 is 9.53 Å². The summed E-state index contributed by atoms with van der Waals surface area (Å²) in [5, 5.41) is 3.28. The molecule has 90 valence electrons. The van der Waals surface area contributed by atoms with Crippen LogP contribution in [0.2, 0.25) is 0 Å². The number of nitrogens with one attached hydrogen (secondary N) is 2. The van der Waals surface area contributed by atoms with Gasteiger partial charge in [0.1, 0.15) is 5.69 Å². The zero-order chi connectivity index (χ0) is 12.0. The third kappa shape index (κ3) is 4.04. The fourth-order valence-electron chi connectivity index (χ4n) is 1.30. The standard InChI is InChI=1S/C11H19N3O2/c1-14(2)7-6-12-8-9-4-5-10(13-9)11(15)16-3/h4-5,12-13H,6-8H2,1-3H3. The van der Waals surface area contributed by atoms with E-state index in [1.807, 2.05) is 20.2 Å². The summed E-state index contributed by atoms with van der Waals surface area (Å²) in [7, 11) is 5.44. The second-order valence-corrected chi connectivity index (χ2v) is 3.87. The Morgan fingerprint density at radius 1 is 1.50 bits per heavy atom. The van der Waals surface area contributed by atoms with Crippen molar-refractivity contribution in [1.29, 1.82) is 0 Å². The summed E-state index contributed by atoms with van der Waals surface area (Å²) in [5.74, 6) is -0.334. The molecule has 1 rings (SSSR count). The Kier molecular flexibility index (Phi) is 5.01. The quantitative estimate of drug-likeness (QED) is 0.545. The van der Waals surface area contributed by atoms with Crippen LogP contribution < -0.4 is 5.32 Å². The number of rotatable bonds is 6. The zero-order valence-corrected chi connectivity index (χ0v) is 10.0. The number of carbonyl (C=O) groups excluding carboxylic acids is 1. The first-order valence-corrected chi connectivity index (χ1v) is 5.25. The molecule has 1 aromatic rings. The highest BCUT2D eigenvalue weighted by atomic mass is 16.5. The molecule has 0 radical (unpaired) electrons. The van der Waals surface area contributed by atoms with Gasteiger partial charge in [0.05, 0.1) is 7.11 Å². The van der Waals surface area contributed by atoms with Crippen LogP contribution in [0.3, 0.4) is 0 Å². The van der Waals surface area contributed by atoms with E-state index in [1.54, 1.807) is 6.07 Å². The van der Waals surface area contributed by atoms with E-state index in [9.17, 15) is 4.79 Å². The predicted molar refractivity (Wildman–Crippen MR) is 62.4 cm³/mol. The molecule has 0 aliphatic carbocycles. The Bertz CT molecular complexity index is 334. The van der Waals surface area contributed by atoms with E-state index in [-0.39, 0.29) is 5.97 Å². The second kappa shape index (κ2) is 6.30. The van der Waals surface area contributed by atoms with Crippen LogP contribution in [0.5, 0.6) is 0 Å². The van der Waals surface area contributed by atoms with Crippen LogP contribution in [0.25, 0.3) is 0 Å². The highest BCUT2D eigenvalue weighted by molar-refractivity contribution is 5.87. The van der Waals surface area contributed by atoms with Gasteiger partial charge in [-0.15, -0.1) is 0 Å². The van der Waals surface area contributed by atoms with Crippen molar-refractivity contribution in [2.24, 2.45) is 0 Å². The number of ether oxygens (including phenoxy) is 1. The number of esters is 1. The molecular formula is C11H19N3O2. The van der Waals surface area contributed by atoms with Crippen LogP contribution >= 0.6 is 0 Å². The van der Waals surface area contributed by atoms with Crippen LogP contribution in [-0.4, -0.2) is 50.1 Å². The number of H-pyrrole nitrogens is 1. The number of aromatic amines is 1. The minimum atomic E-state index is -0.334. The lowest BCUT2D eigenvalue weighted by atomic mass is 10.4. The summed E-state index contributed by atoms with van der Waals surface area (Å²) in [6.45, 7) is 2.63. The van der Waals surface area contributed by atoms with Gasteiger partial charge in [0.25, 0.3) is 0 Å². The van der Waals surface area contributed by atoms with Crippen molar-refractivity contribution in [3.05, 3.63) is 23.5 Å². The molecule has 0 atom stereocenters. The molecule has 0 aliphatic rings. The van der Waals surface area contributed by atoms with Crippen LogP contribution in [0.4, 0.5) is 0 Å². The molecule has 0 aliphatic heterocycles. The molecule has 0 spiro atoms. The molecule has 2 N–H and O–H groups in total. The van der Waals surface area contributed by atoms with E-state index in [4.69, 9.17) is 0 Å². The fraction of sp³-hybridized carbons (Fsp3) is 0.545. The molecular weight excluding hydrogens is 206 g/mol. The minimum Gasteiger partial charge on any atom is -0.464 e. The van der Waals surface area contributed by atoms with Crippen molar-refractivity contribution in [3.63, 3.8) is 0 Å². The average molecular weight is 225 g/mol. The Balaban J connectivity index is 2.32. The van der Waals surface area contributed by atoms with Crippen LogP contribution in [0.15, 0.2) is 12.1 Å². The first-order chi connectivity index (χ1) is 7.63. The summed E-state index contributed by atoms with van der Waals surface area (Å²) in [5.41, 5.74) is 1.48. The third-order valence-corrected chi connectivity index (χ3v) is 2.20. The first kappa shape index (κ1) is 12.7. The summed E-state index contributed by atoms with van der Waals surface area (Å²) in [6.07, 6.45) is 0. The number of carbonyl (C=O) groups is 1. The number of hydrogen-bond acceptors (Lipinski definition) is 4. The summed E-state index contributed by atoms with van der Waals surface area (Å²) >= 11 is 0. The molecule has 0 saturated carbocycles. The smallest absolute Gasteiger partial charge is 0.354 e. The molecule has 0 amide bonds. The van der Waals surface area contributed by atoms with Gasteiger partial charge in [-0.1, -0.05) is 0 Å². The molecule has 1 heterocycles. The molecule has 0 saturated heterocycles. The van der Waals surface area contributed by atoms with E-state index in [1.165, 1.54) is 7.11 Å². The highest BCUT2D eigenvalue weighted by Gasteiger charge is 2.07. The average Bonchev–Trinajstić information content (AvgIpc) is 2.71. The lowest BCUT2D eigenvalue weighted by Crippen LogP contribution is -2.26. The number of aromatic nitrogens is 1. The maximum Gasteiger partial charge on any atom is 0.354 e. The van der Waals surface area contributed by atoms with Gasteiger partial charge in [0.2, 0.25) is 0 Å². The van der Waals surface area contributed by atoms with Crippen molar-refractivity contribution in [1.82, 2.24) is 15.2 Å². The maximum atomic E-state index is 11.2. The fourth-order valence-corrected chi connectivity index (χ4v) is 1.30. The van der Waals surface area contributed by atoms with Crippen molar-refractivity contribution >= 4 is 5.97 Å². The van der Waals surface area contributed by atoms with Gasteiger partial charge in [-0.3, -0.25) is 0 Å². The van der Waals surface area contributed by atoms with Crippen molar-refractivity contribution in [3.8, 4) is 0 Å². The summed E-state index contributed by atoms with van der Waals surface area (Å²) < 4.78 is 4.61. The molecule has 16 heavy (non-hydrogen) atoms. The lowest BCUT2D eigenvalue weighted by molar-refractivity contribution is 0.0594. The Morgan fingerprint density at radius 2 is 2.25 bits per heavy atom. The van der Waals surface area contributed by atoms with Gasteiger partial charge in [0, 0.05) is 25.3 Å². The van der Waals surface area contributed by atoms with E-state index in [0.717, 1.165) is 25.3 Å². The Hall–Kier alpha value is -1.33. The molecule has 1 aromatic heterocycles. The molecule has 5 nitrogen and oxygen atoms in total. The molecule has 0 bridgehead atoms. The Morgan fingerprint density at radius 3 is 2.88 bits per heavy atom. The molecule has 0 unspecified atom stereocenters. The van der Waals surface area contributed by atoms with E-state index in [2.05, 4.69) is 19.9 Å². The second-order valence-electron chi connectivity index (χ2n) is 3.87. The first-order valence-electron chi connectivity index (χ1n) is 5.25. The van der Waals surface area contributed by atoms with Gasteiger partial charge >= 0.3 is 5.97 Å². The van der Waals surface area contributed by atoms with Crippen LogP contribution in [0, 0.1) is 0 Å². The number of methoxy groups -OCH3 is 1. The molecule has 0 aromatic carbocycles. The topological polar surface area (TPSA) is 57.4 Å². The normalized spacial score (nSPS) is 10.8. The lowest BCUT2D eigenvalue weighted by Gasteiger charge is -2.09. The molecule has 5 heteroatoms. The van der Waals surface area contributed by atoms with Crippen molar-refractivity contribution in [2.75, 3.05) is 34.3 Å². The van der Waals surface area contributed by atoms with Gasteiger partial charge in [-0.2, -0.15) is 0 Å². The third-order valence-electron chi connectivity index (χ3n) is 2.20. The summed E-state index contributed by atoms with van der Waals surface area (Å²) in [6, 6.07) is 3.61. The Labute approximate surface area is 95.8 Å².